The third-order valence-corrected chi connectivity index (χ3v) is 2.95. The standard InChI is InChI=1S/C13H17N3O2/c1-16-12(7-14)11(8-15-16)10-5-4-9(17-2)6-13(10)18-3/h4-6,8H,7,14H2,1-3H3. The molecule has 96 valence electrons. The molecule has 0 fully saturated rings. The van der Waals surface area contributed by atoms with Gasteiger partial charge in [0.2, 0.25) is 0 Å². The lowest BCUT2D eigenvalue weighted by molar-refractivity contribution is 0.395. The maximum Gasteiger partial charge on any atom is 0.130 e. The maximum absolute atomic E-state index is 5.75. The minimum absolute atomic E-state index is 0.432. The average molecular weight is 247 g/mol. The first-order valence-electron chi connectivity index (χ1n) is 5.64. The normalized spacial score (nSPS) is 10.4. The molecule has 1 heterocycles. The van der Waals surface area contributed by atoms with Crippen molar-refractivity contribution in [3.05, 3.63) is 30.1 Å². The molecule has 2 N–H and O–H groups in total. The second-order valence-electron chi connectivity index (χ2n) is 3.90. The Balaban J connectivity index is 2.56. The van der Waals surface area contributed by atoms with Crippen LogP contribution < -0.4 is 15.2 Å². The number of methoxy groups -OCH3 is 2. The highest BCUT2D eigenvalue weighted by Crippen LogP contribution is 2.34. The second kappa shape index (κ2) is 5.10. The van der Waals surface area contributed by atoms with E-state index >= 15 is 0 Å². The summed E-state index contributed by atoms with van der Waals surface area (Å²) >= 11 is 0. The van der Waals surface area contributed by atoms with Crippen LogP contribution in [0.4, 0.5) is 0 Å². The van der Waals surface area contributed by atoms with Crippen LogP contribution in [0.25, 0.3) is 11.1 Å². The summed E-state index contributed by atoms with van der Waals surface area (Å²) in [4.78, 5) is 0. The van der Waals surface area contributed by atoms with Crippen molar-refractivity contribution in [1.82, 2.24) is 9.78 Å². The molecule has 0 bridgehead atoms. The van der Waals surface area contributed by atoms with E-state index in [-0.39, 0.29) is 0 Å². The van der Waals surface area contributed by atoms with E-state index in [9.17, 15) is 0 Å². The summed E-state index contributed by atoms with van der Waals surface area (Å²) in [5.41, 5.74) is 8.68. The number of nitrogens with two attached hydrogens (primary N) is 1. The van der Waals surface area contributed by atoms with Crippen LogP contribution in [-0.2, 0) is 13.6 Å². The predicted molar refractivity (Wildman–Crippen MR) is 69.6 cm³/mol. The zero-order valence-corrected chi connectivity index (χ0v) is 10.8. The van der Waals surface area contributed by atoms with Crippen molar-refractivity contribution < 1.29 is 9.47 Å². The first-order valence-corrected chi connectivity index (χ1v) is 5.64. The number of nitrogens with zero attached hydrogens (tertiary/aromatic N) is 2. The summed E-state index contributed by atoms with van der Waals surface area (Å²) in [6.07, 6.45) is 1.80. The van der Waals surface area contributed by atoms with Gasteiger partial charge in [0, 0.05) is 30.8 Å². The van der Waals surface area contributed by atoms with Crippen LogP contribution in [0.1, 0.15) is 5.69 Å². The van der Waals surface area contributed by atoms with E-state index in [1.165, 1.54) is 0 Å². The topological polar surface area (TPSA) is 62.3 Å². The summed E-state index contributed by atoms with van der Waals surface area (Å²) < 4.78 is 12.4. The van der Waals surface area contributed by atoms with Crippen LogP contribution in [0.5, 0.6) is 11.5 Å². The number of aryl methyl sites for hydroxylation is 1. The monoisotopic (exact) mass is 247 g/mol. The third kappa shape index (κ3) is 2.04. The van der Waals surface area contributed by atoms with Crippen molar-refractivity contribution in [2.75, 3.05) is 14.2 Å². The van der Waals surface area contributed by atoms with E-state index < -0.39 is 0 Å². The van der Waals surface area contributed by atoms with Crippen molar-refractivity contribution in [3.8, 4) is 22.6 Å². The highest BCUT2D eigenvalue weighted by Gasteiger charge is 2.14. The van der Waals surface area contributed by atoms with Gasteiger partial charge in [0.05, 0.1) is 26.1 Å². The van der Waals surface area contributed by atoms with Gasteiger partial charge < -0.3 is 15.2 Å². The van der Waals surface area contributed by atoms with Crippen LogP contribution in [0.3, 0.4) is 0 Å². The second-order valence-corrected chi connectivity index (χ2v) is 3.90. The molecule has 0 saturated carbocycles. The van der Waals surface area contributed by atoms with E-state index in [0.717, 1.165) is 28.3 Å². The van der Waals surface area contributed by atoms with E-state index in [0.29, 0.717) is 6.54 Å². The Morgan fingerprint density at radius 1 is 1.22 bits per heavy atom. The molecule has 18 heavy (non-hydrogen) atoms. The average Bonchev–Trinajstić information content (AvgIpc) is 2.78. The summed E-state index contributed by atoms with van der Waals surface area (Å²) in [5, 5.41) is 4.23. The Kier molecular flexibility index (Phi) is 3.53. The molecule has 0 radical (unpaired) electrons. The molecule has 1 aromatic carbocycles. The molecule has 5 heteroatoms. The predicted octanol–water partition coefficient (Wildman–Crippen LogP) is 1.56. The van der Waals surface area contributed by atoms with Crippen LogP contribution in [0.15, 0.2) is 24.4 Å². The van der Waals surface area contributed by atoms with Crippen molar-refractivity contribution in [1.29, 1.82) is 0 Å². The van der Waals surface area contributed by atoms with Crippen molar-refractivity contribution in [2.45, 2.75) is 6.54 Å². The van der Waals surface area contributed by atoms with E-state index in [1.54, 1.807) is 25.1 Å². The van der Waals surface area contributed by atoms with Gasteiger partial charge in [0.25, 0.3) is 0 Å². The molecule has 0 aliphatic carbocycles. The largest absolute Gasteiger partial charge is 0.497 e. The Labute approximate surface area is 106 Å². The number of rotatable bonds is 4. The number of hydrogen-bond donors (Lipinski definition) is 1. The number of aromatic nitrogens is 2. The minimum atomic E-state index is 0.432. The van der Waals surface area contributed by atoms with Crippen molar-refractivity contribution >= 4 is 0 Å². The lowest BCUT2D eigenvalue weighted by atomic mass is 10.0. The lowest BCUT2D eigenvalue weighted by Gasteiger charge is -2.10. The Bertz CT molecular complexity index is 549. The highest BCUT2D eigenvalue weighted by molar-refractivity contribution is 5.73. The molecule has 2 rings (SSSR count). The van der Waals surface area contributed by atoms with Gasteiger partial charge in [0.15, 0.2) is 0 Å². The molecule has 5 nitrogen and oxygen atoms in total. The Hall–Kier alpha value is -2.01. The van der Waals surface area contributed by atoms with E-state index in [1.807, 2.05) is 25.2 Å². The van der Waals surface area contributed by atoms with Crippen molar-refractivity contribution in [3.63, 3.8) is 0 Å². The zero-order valence-electron chi connectivity index (χ0n) is 10.8. The Morgan fingerprint density at radius 3 is 2.61 bits per heavy atom. The molecule has 0 amide bonds. The van der Waals surface area contributed by atoms with Gasteiger partial charge in [-0.05, 0) is 12.1 Å². The quantitative estimate of drug-likeness (QED) is 0.890. The van der Waals surface area contributed by atoms with Gasteiger partial charge in [-0.15, -0.1) is 0 Å². The number of ether oxygens (including phenoxy) is 2. The van der Waals surface area contributed by atoms with Gasteiger partial charge in [0.1, 0.15) is 11.5 Å². The molecule has 1 aromatic heterocycles. The number of benzene rings is 1. The molecule has 2 aromatic rings. The smallest absolute Gasteiger partial charge is 0.130 e. The van der Waals surface area contributed by atoms with Crippen LogP contribution in [0.2, 0.25) is 0 Å². The van der Waals surface area contributed by atoms with Gasteiger partial charge >= 0.3 is 0 Å². The van der Waals surface area contributed by atoms with Crippen molar-refractivity contribution in [2.24, 2.45) is 12.8 Å². The molecule has 0 spiro atoms. The van der Waals surface area contributed by atoms with Gasteiger partial charge in [-0.2, -0.15) is 5.10 Å². The molecular weight excluding hydrogens is 230 g/mol. The van der Waals surface area contributed by atoms with E-state index in [2.05, 4.69) is 5.10 Å². The molecule has 0 aliphatic rings. The van der Waals surface area contributed by atoms with Crippen LogP contribution in [0, 0.1) is 0 Å². The first-order chi connectivity index (χ1) is 8.71. The van der Waals surface area contributed by atoms with Gasteiger partial charge in [-0.25, -0.2) is 0 Å². The SMILES string of the molecule is COc1ccc(-c2cnn(C)c2CN)c(OC)c1. The fourth-order valence-electron chi connectivity index (χ4n) is 1.95. The highest BCUT2D eigenvalue weighted by atomic mass is 16.5. The first kappa shape index (κ1) is 12.4. The third-order valence-electron chi connectivity index (χ3n) is 2.95. The van der Waals surface area contributed by atoms with Gasteiger partial charge in [-0.3, -0.25) is 4.68 Å². The summed E-state index contributed by atoms with van der Waals surface area (Å²) in [6.45, 7) is 0.432. The molecule has 0 unspecified atom stereocenters. The zero-order chi connectivity index (χ0) is 13.1. The number of hydrogen-bond acceptors (Lipinski definition) is 4. The maximum atomic E-state index is 5.75. The van der Waals surface area contributed by atoms with Gasteiger partial charge in [-0.1, -0.05) is 0 Å². The fraction of sp³-hybridized carbons (Fsp3) is 0.308. The summed E-state index contributed by atoms with van der Waals surface area (Å²) in [7, 11) is 5.14. The Morgan fingerprint density at radius 2 is 2.00 bits per heavy atom. The lowest BCUT2D eigenvalue weighted by Crippen LogP contribution is -2.05. The summed E-state index contributed by atoms with van der Waals surface area (Å²) in [5.74, 6) is 1.51. The fourth-order valence-corrected chi connectivity index (χ4v) is 1.95. The molecule has 0 atom stereocenters. The molecule has 0 aliphatic heterocycles. The molecule has 0 saturated heterocycles. The van der Waals surface area contributed by atoms with Crippen LogP contribution >= 0.6 is 0 Å². The summed E-state index contributed by atoms with van der Waals surface area (Å²) in [6, 6.07) is 5.70. The minimum Gasteiger partial charge on any atom is -0.497 e. The molecular formula is C13H17N3O2. The van der Waals surface area contributed by atoms with Crippen LogP contribution in [-0.4, -0.2) is 24.0 Å². The van der Waals surface area contributed by atoms with E-state index in [4.69, 9.17) is 15.2 Å².